The molecule has 1 saturated heterocycles. The van der Waals surface area contributed by atoms with Crippen molar-refractivity contribution in [2.45, 2.75) is 18.9 Å². The first kappa shape index (κ1) is 14.4. The average Bonchev–Trinajstić information content (AvgIpc) is 2.94. The molecule has 0 saturated carbocycles. The number of imidazole rings is 1. The van der Waals surface area contributed by atoms with Crippen LogP contribution in [0.4, 0.5) is 16.0 Å². The van der Waals surface area contributed by atoms with Gasteiger partial charge in [0.2, 0.25) is 5.95 Å². The summed E-state index contributed by atoms with van der Waals surface area (Å²) >= 11 is 0. The fraction of sp³-hybridized carbons (Fsp3) is 0.375. The third-order valence-electron chi connectivity index (χ3n) is 4.06. The zero-order chi connectivity index (χ0) is 15.5. The number of rotatable bonds is 3. The summed E-state index contributed by atoms with van der Waals surface area (Å²) in [5.41, 5.74) is 0.673. The van der Waals surface area contributed by atoms with Crippen LogP contribution in [-0.4, -0.2) is 28.7 Å². The molecule has 2 aromatic rings. The first-order valence-electron chi connectivity index (χ1n) is 7.36. The van der Waals surface area contributed by atoms with Gasteiger partial charge in [-0.3, -0.25) is 0 Å². The smallest absolute Gasteiger partial charge is 0.205 e. The molecule has 1 aromatic carbocycles. The lowest BCUT2D eigenvalue weighted by Crippen LogP contribution is -2.40. The second kappa shape index (κ2) is 6.06. The minimum atomic E-state index is -0.474. The number of aryl methyl sites for hydroxylation is 1. The number of piperidine rings is 1. The molecule has 22 heavy (non-hydrogen) atoms. The lowest BCUT2D eigenvalue weighted by Gasteiger charge is -2.33. The monoisotopic (exact) mass is 299 g/mol. The van der Waals surface area contributed by atoms with E-state index in [1.165, 1.54) is 6.07 Å². The Labute approximate surface area is 129 Å². The zero-order valence-corrected chi connectivity index (χ0v) is 12.5. The van der Waals surface area contributed by atoms with Crippen molar-refractivity contribution in [3.05, 3.63) is 42.0 Å². The Morgan fingerprint density at radius 1 is 1.36 bits per heavy atom. The Morgan fingerprint density at radius 2 is 2.14 bits per heavy atom. The summed E-state index contributed by atoms with van der Waals surface area (Å²) < 4.78 is 15.6. The molecule has 2 heterocycles. The Balaban J connectivity index is 1.65. The van der Waals surface area contributed by atoms with Gasteiger partial charge in [0.1, 0.15) is 17.4 Å². The summed E-state index contributed by atoms with van der Waals surface area (Å²) in [6.07, 6.45) is 5.58. The maximum atomic E-state index is 13.6. The SMILES string of the molecule is Cn1ccnc1N1CCC(Nc2cccc(F)c2C#N)CC1. The molecule has 0 unspecified atom stereocenters. The third kappa shape index (κ3) is 2.75. The van der Waals surface area contributed by atoms with Gasteiger partial charge in [0.15, 0.2) is 0 Å². The van der Waals surface area contributed by atoms with E-state index < -0.39 is 5.82 Å². The van der Waals surface area contributed by atoms with Gasteiger partial charge in [0.05, 0.1) is 5.69 Å². The van der Waals surface area contributed by atoms with E-state index in [0.29, 0.717) is 5.69 Å². The molecular formula is C16H18FN5. The van der Waals surface area contributed by atoms with Gasteiger partial charge in [-0.1, -0.05) is 6.07 Å². The normalized spacial score (nSPS) is 15.6. The van der Waals surface area contributed by atoms with Crippen molar-refractivity contribution in [1.29, 1.82) is 5.26 Å². The summed E-state index contributed by atoms with van der Waals surface area (Å²) in [6, 6.07) is 6.87. The molecule has 1 aromatic heterocycles. The first-order chi connectivity index (χ1) is 10.7. The molecule has 0 atom stereocenters. The van der Waals surface area contributed by atoms with Crippen LogP contribution in [0.3, 0.4) is 0 Å². The van der Waals surface area contributed by atoms with Crippen LogP contribution in [0.2, 0.25) is 0 Å². The molecule has 0 aliphatic carbocycles. The van der Waals surface area contributed by atoms with Crippen molar-refractivity contribution >= 4 is 11.6 Å². The van der Waals surface area contributed by atoms with E-state index in [4.69, 9.17) is 5.26 Å². The highest BCUT2D eigenvalue weighted by Crippen LogP contribution is 2.23. The summed E-state index contributed by atoms with van der Waals surface area (Å²) in [4.78, 5) is 6.61. The molecule has 5 nitrogen and oxygen atoms in total. The number of halogens is 1. The Hall–Kier alpha value is -2.55. The Bertz CT molecular complexity index is 695. The van der Waals surface area contributed by atoms with Crippen LogP contribution < -0.4 is 10.2 Å². The lowest BCUT2D eigenvalue weighted by atomic mass is 10.0. The van der Waals surface area contributed by atoms with Crippen molar-refractivity contribution < 1.29 is 4.39 Å². The number of nitriles is 1. The van der Waals surface area contributed by atoms with Crippen LogP contribution in [0.15, 0.2) is 30.6 Å². The third-order valence-corrected chi connectivity index (χ3v) is 4.06. The van der Waals surface area contributed by atoms with Gasteiger partial charge in [-0.2, -0.15) is 5.26 Å². The summed E-state index contributed by atoms with van der Waals surface area (Å²) in [5.74, 6) is 0.500. The van der Waals surface area contributed by atoms with E-state index in [0.717, 1.165) is 31.9 Å². The number of hydrogen-bond donors (Lipinski definition) is 1. The number of hydrogen-bond acceptors (Lipinski definition) is 4. The molecule has 3 rings (SSSR count). The van der Waals surface area contributed by atoms with Crippen LogP contribution in [0.5, 0.6) is 0 Å². The highest BCUT2D eigenvalue weighted by atomic mass is 19.1. The van der Waals surface area contributed by atoms with Gasteiger partial charge in [0.25, 0.3) is 0 Å². The minimum absolute atomic E-state index is 0.0917. The molecular weight excluding hydrogens is 281 g/mol. The largest absolute Gasteiger partial charge is 0.381 e. The van der Waals surface area contributed by atoms with E-state index in [1.807, 2.05) is 23.9 Å². The standard InChI is InChI=1S/C16H18FN5/c1-21-10-7-19-16(21)22-8-5-12(6-9-22)20-15-4-2-3-14(17)13(15)11-18/h2-4,7,10,12,20H,5-6,8-9H2,1H3. The van der Waals surface area contributed by atoms with Crippen LogP contribution >= 0.6 is 0 Å². The first-order valence-corrected chi connectivity index (χ1v) is 7.36. The fourth-order valence-electron chi connectivity index (χ4n) is 2.86. The summed E-state index contributed by atoms with van der Waals surface area (Å²) in [6.45, 7) is 1.78. The molecule has 6 heteroatoms. The van der Waals surface area contributed by atoms with Crippen molar-refractivity contribution in [2.24, 2.45) is 7.05 Å². The minimum Gasteiger partial charge on any atom is -0.381 e. The molecule has 1 aliphatic rings. The van der Waals surface area contributed by atoms with Crippen molar-refractivity contribution in [2.75, 3.05) is 23.3 Å². The highest BCUT2D eigenvalue weighted by Gasteiger charge is 2.22. The predicted molar refractivity (Wildman–Crippen MR) is 83.2 cm³/mol. The van der Waals surface area contributed by atoms with Gasteiger partial charge in [-0.05, 0) is 25.0 Å². The highest BCUT2D eigenvalue weighted by molar-refractivity contribution is 5.58. The van der Waals surface area contributed by atoms with Crippen LogP contribution in [-0.2, 0) is 7.05 Å². The van der Waals surface area contributed by atoms with Gasteiger partial charge in [0, 0.05) is 38.6 Å². The molecule has 1 fully saturated rings. The molecule has 0 amide bonds. The van der Waals surface area contributed by atoms with E-state index in [-0.39, 0.29) is 11.6 Å². The lowest BCUT2D eigenvalue weighted by molar-refractivity contribution is 0.515. The summed E-state index contributed by atoms with van der Waals surface area (Å²) in [7, 11) is 1.98. The number of benzene rings is 1. The quantitative estimate of drug-likeness (QED) is 0.946. The molecule has 1 aliphatic heterocycles. The van der Waals surface area contributed by atoms with Gasteiger partial charge in [-0.15, -0.1) is 0 Å². The Kier molecular flexibility index (Phi) is 3.96. The van der Waals surface area contributed by atoms with Gasteiger partial charge in [-0.25, -0.2) is 9.37 Å². The van der Waals surface area contributed by atoms with Gasteiger partial charge < -0.3 is 14.8 Å². The molecule has 114 valence electrons. The fourth-order valence-corrected chi connectivity index (χ4v) is 2.86. The number of nitrogens with one attached hydrogen (secondary N) is 1. The molecule has 1 N–H and O–H groups in total. The topological polar surface area (TPSA) is 56.9 Å². The molecule has 0 spiro atoms. The average molecular weight is 299 g/mol. The van der Waals surface area contributed by atoms with E-state index in [1.54, 1.807) is 18.3 Å². The maximum absolute atomic E-state index is 13.6. The van der Waals surface area contributed by atoms with Crippen LogP contribution in [0.1, 0.15) is 18.4 Å². The molecule has 0 bridgehead atoms. The Morgan fingerprint density at radius 3 is 2.77 bits per heavy atom. The number of aromatic nitrogens is 2. The second-order valence-corrected chi connectivity index (χ2v) is 5.52. The predicted octanol–water partition coefficient (Wildman–Crippen LogP) is 2.51. The molecule has 0 radical (unpaired) electrons. The number of anilines is 2. The zero-order valence-electron chi connectivity index (χ0n) is 12.5. The van der Waals surface area contributed by atoms with E-state index in [9.17, 15) is 4.39 Å². The van der Waals surface area contributed by atoms with Crippen molar-refractivity contribution in [3.63, 3.8) is 0 Å². The van der Waals surface area contributed by atoms with E-state index >= 15 is 0 Å². The second-order valence-electron chi connectivity index (χ2n) is 5.52. The maximum Gasteiger partial charge on any atom is 0.205 e. The van der Waals surface area contributed by atoms with E-state index in [2.05, 4.69) is 15.2 Å². The van der Waals surface area contributed by atoms with Crippen molar-refractivity contribution in [1.82, 2.24) is 9.55 Å². The van der Waals surface area contributed by atoms with Crippen LogP contribution in [0.25, 0.3) is 0 Å². The van der Waals surface area contributed by atoms with Crippen LogP contribution in [0, 0.1) is 17.1 Å². The van der Waals surface area contributed by atoms with Crippen molar-refractivity contribution in [3.8, 4) is 6.07 Å². The van der Waals surface area contributed by atoms with Gasteiger partial charge >= 0.3 is 0 Å². The summed E-state index contributed by atoms with van der Waals surface area (Å²) in [5, 5.41) is 12.4. The number of nitrogens with zero attached hydrogens (tertiary/aromatic N) is 4.